The highest BCUT2D eigenvalue weighted by Crippen LogP contribution is 2.44. The van der Waals surface area contributed by atoms with E-state index in [4.69, 9.17) is 0 Å². The topological polar surface area (TPSA) is 46.9 Å². The highest BCUT2D eigenvalue weighted by molar-refractivity contribution is 5.80. The number of carbonyl (C=O) groups excluding carboxylic acids is 1. The molecule has 4 atom stereocenters. The van der Waals surface area contributed by atoms with Crippen LogP contribution in [0.5, 0.6) is 0 Å². The smallest absolute Gasteiger partial charge is 0.340 e. The van der Waals surface area contributed by atoms with Crippen molar-refractivity contribution < 1.29 is 18.0 Å². The van der Waals surface area contributed by atoms with Crippen LogP contribution >= 0.6 is 0 Å². The van der Waals surface area contributed by atoms with Crippen LogP contribution in [0.4, 0.5) is 13.2 Å². The molecule has 1 aromatic rings. The van der Waals surface area contributed by atoms with Crippen molar-refractivity contribution in [3.63, 3.8) is 0 Å². The first-order valence-electron chi connectivity index (χ1n) is 6.88. The van der Waals surface area contributed by atoms with E-state index in [9.17, 15) is 18.0 Å². The summed E-state index contributed by atoms with van der Waals surface area (Å²) in [6, 6.07) is -2.00. The Kier molecular flexibility index (Phi) is 3.30. The van der Waals surface area contributed by atoms with E-state index < -0.39 is 18.1 Å². The molecule has 1 amide bonds. The SMILES string of the molecule is Cn1cc(C(NC(=O)C2CC3C=CC2C3)C(F)(F)F)cn1. The maximum atomic E-state index is 13.2. The number of amides is 1. The quantitative estimate of drug-likeness (QED) is 0.871. The van der Waals surface area contributed by atoms with Gasteiger partial charge in [0.25, 0.3) is 0 Å². The van der Waals surface area contributed by atoms with Gasteiger partial charge in [-0.3, -0.25) is 9.48 Å². The summed E-state index contributed by atoms with van der Waals surface area (Å²) >= 11 is 0. The maximum Gasteiger partial charge on any atom is 0.412 e. The molecule has 1 saturated carbocycles. The summed E-state index contributed by atoms with van der Waals surface area (Å²) in [6.07, 6.45) is 3.40. The van der Waals surface area contributed by atoms with Gasteiger partial charge < -0.3 is 5.32 Å². The average Bonchev–Trinajstić information content (AvgIpc) is 3.09. The summed E-state index contributed by atoms with van der Waals surface area (Å²) in [4.78, 5) is 12.2. The zero-order chi connectivity index (χ0) is 15.2. The van der Waals surface area contributed by atoms with Crippen LogP contribution in [0.25, 0.3) is 0 Å². The third-order valence-corrected chi connectivity index (χ3v) is 4.29. The largest absolute Gasteiger partial charge is 0.412 e. The Morgan fingerprint density at radius 2 is 2.19 bits per heavy atom. The summed E-state index contributed by atoms with van der Waals surface area (Å²) < 4.78 is 40.8. The van der Waals surface area contributed by atoms with Crippen LogP contribution in [-0.2, 0) is 11.8 Å². The van der Waals surface area contributed by atoms with Gasteiger partial charge in [0.1, 0.15) is 0 Å². The van der Waals surface area contributed by atoms with Gasteiger partial charge in [0.2, 0.25) is 5.91 Å². The second-order valence-electron chi connectivity index (χ2n) is 5.82. The normalized spacial score (nSPS) is 28.9. The summed E-state index contributed by atoms with van der Waals surface area (Å²) in [7, 11) is 1.54. The molecule has 21 heavy (non-hydrogen) atoms. The number of carbonyl (C=O) groups is 1. The zero-order valence-corrected chi connectivity index (χ0v) is 11.5. The third kappa shape index (κ3) is 2.69. The molecule has 2 aliphatic rings. The van der Waals surface area contributed by atoms with Gasteiger partial charge in [-0.25, -0.2) is 0 Å². The van der Waals surface area contributed by atoms with E-state index in [1.807, 2.05) is 6.08 Å². The molecule has 0 aromatic carbocycles. The van der Waals surface area contributed by atoms with Crippen molar-refractivity contribution in [2.24, 2.45) is 24.8 Å². The number of aromatic nitrogens is 2. The average molecular weight is 299 g/mol. The minimum atomic E-state index is -4.54. The molecule has 1 fully saturated rings. The summed E-state index contributed by atoms with van der Waals surface area (Å²) in [5.41, 5.74) is -0.0444. The van der Waals surface area contributed by atoms with Gasteiger partial charge in [-0.1, -0.05) is 12.2 Å². The van der Waals surface area contributed by atoms with Crippen LogP contribution < -0.4 is 5.32 Å². The van der Waals surface area contributed by atoms with E-state index in [1.54, 1.807) is 7.05 Å². The molecule has 3 rings (SSSR count). The van der Waals surface area contributed by atoms with Crippen molar-refractivity contribution in [3.05, 3.63) is 30.1 Å². The Morgan fingerprint density at radius 1 is 1.43 bits per heavy atom. The van der Waals surface area contributed by atoms with Gasteiger partial charge >= 0.3 is 6.18 Å². The van der Waals surface area contributed by atoms with E-state index in [0.717, 1.165) is 12.6 Å². The first-order valence-corrected chi connectivity index (χ1v) is 6.88. The second kappa shape index (κ2) is 4.89. The molecule has 2 aliphatic carbocycles. The number of alkyl halides is 3. The number of fused-ring (bicyclic) bond motifs is 2. The fraction of sp³-hybridized carbons (Fsp3) is 0.571. The van der Waals surface area contributed by atoms with Crippen LogP contribution in [-0.4, -0.2) is 21.9 Å². The van der Waals surface area contributed by atoms with Gasteiger partial charge in [-0.2, -0.15) is 18.3 Å². The predicted molar refractivity (Wildman–Crippen MR) is 69.0 cm³/mol. The van der Waals surface area contributed by atoms with Crippen molar-refractivity contribution in [2.45, 2.75) is 25.1 Å². The highest BCUT2D eigenvalue weighted by atomic mass is 19.4. The molecule has 1 aromatic heterocycles. The molecule has 0 saturated heterocycles. The van der Waals surface area contributed by atoms with Crippen LogP contribution in [0.3, 0.4) is 0 Å². The lowest BCUT2D eigenvalue weighted by atomic mass is 9.92. The van der Waals surface area contributed by atoms with Gasteiger partial charge in [-0.05, 0) is 24.7 Å². The maximum absolute atomic E-state index is 13.2. The number of aryl methyl sites for hydroxylation is 1. The molecule has 4 nitrogen and oxygen atoms in total. The molecular formula is C14H16F3N3O. The standard InChI is InChI=1S/C14H16F3N3O/c1-20-7-10(6-18-20)12(14(15,16)17)19-13(21)11-5-8-2-3-9(11)4-8/h2-3,6-9,11-12H,4-5H2,1H3,(H,19,21). The molecule has 1 heterocycles. The minimum absolute atomic E-state index is 0.0444. The van der Waals surface area contributed by atoms with E-state index in [-0.39, 0.29) is 17.4 Å². The molecule has 0 radical (unpaired) electrons. The fourth-order valence-corrected chi connectivity index (χ4v) is 3.27. The van der Waals surface area contributed by atoms with E-state index in [1.165, 1.54) is 10.9 Å². The lowest BCUT2D eigenvalue weighted by molar-refractivity contribution is -0.165. The number of rotatable bonds is 3. The van der Waals surface area contributed by atoms with Crippen LogP contribution in [0.2, 0.25) is 0 Å². The van der Waals surface area contributed by atoms with E-state index in [2.05, 4.69) is 16.5 Å². The number of nitrogens with zero attached hydrogens (tertiary/aromatic N) is 2. The lowest BCUT2D eigenvalue weighted by Crippen LogP contribution is -2.41. The van der Waals surface area contributed by atoms with Crippen molar-refractivity contribution in [3.8, 4) is 0 Å². The summed E-state index contributed by atoms with van der Waals surface area (Å²) in [5.74, 6) is -0.439. The Labute approximate surface area is 120 Å². The van der Waals surface area contributed by atoms with Crippen LogP contribution in [0, 0.1) is 17.8 Å². The van der Waals surface area contributed by atoms with Gasteiger partial charge in [0, 0.05) is 24.7 Å². The van der Waals surface area contributed by atoms with Gasteiger partial charge in [-0.15, -0.1) is 0 Å². The monoisotopic (exact) mass is 299 g/mol. The Balaban J connectivity index is 1.76. The summed E-state index contributed by atoms with van der Waals surface area (Å²) in [5, 5.41) is 5.91. The Bertz CT molecular complexity index is 578. The number of allylic oxidation sites excluding steroid dienone is 2. The number of hydrogen-bond donors (Lipinski definition) is 1. The van der Waals surface area contributed by atoms with Crippen LogP contribution in [0.15, 0.2) is 24.5 Å². The molecule has 1 N–H and O–H groups in total. The molecule has 114 valence electrons. The molecule has 4 unspecified atom stereocenters. The highest BCUT2D eigenvalue weighted by Gasteiger charge is 2.46. The summed E-state index contributed by atoms with van der Waals surface area (Å²) in [6.45, 7) is 0. The van der Waals surface area contributed by atoms with Crippen molar-refractivity contribution in [1.82, 2.24) is 15.1 Å². The van der Waals surface area contributed by atoms with Crippen LogP contribution in [0.1, 0.15) is 24.4 Å². The van der Waals surface area contributed by atoms with E-state index >= 15 is 0 Å². The first-order chi connectivity index (χ1) is 9.84. The molecule has 2 bridgehead atoms. The van der Waals surface area contributed by atoms with Crippen molar-refractivity contribution >= 4 is 5.91 Å². The third-order valence-electron chi connectivity index (χ3n) is 4.29. The first kappa shape index (κ1) is 14.2. The predicted octanol–water partition coefficient (Wildman–Crippen LogP) is 2.35. The van der Waals surface area contributed by atoms with Gasteiger partial charge in [0.15, 0.2) is 6.04 Å². The minimum Gasteiger partial charge on any atom is -0.340 e. The Morgan fingerprint density at radius 3 is 2.67 bits per heavy atom. The zero-order valence-electron chi connectivity index (χ0n) is 11.5. The lowest BCUT2D eigenvalue weighted by Gasteiger charge is -2.24. The number of hydrogen-bond acceptors (Lipinski definition) is 2. The molecule has 0 aliphatic heterocycles. The molecular weight excluding hydrogens is 283 g/mol. The fourth-order valence-electron chi connectivity index (χ4n) is 3.27. The second-order valence-corrected chi connectivity index (χ2v) is 5.82. The van der Waals surface area contributed by atoms with Crippen molar-refractivity contribution in [1.29, 1.82) is 0 Å². The number of nitrogens with one attached hydrogen (secondary N) is 1. The Hall–Kier alpha value is -1.79. The van der Waals surface area contributed by atoms with E-state index in [0.29, 0.717) is 12.3 Å². The molecule has 0 spiro atoms. The van der Waals surface area contributed by atoms with Gasteiger partial charge in [0.05, 0.1) is 6.20 Å². The van der Waals surface area contributed by atoms with Crippen molar-refractivity contribution in [2.75, 3.05) is 0 Å². The molecule has 7 heteroatoms. The number of halogens is 3.